The molecule has 1 unspecified atom stereocenters. The van der Waals surface area contributed by atoms with E-state index in [0.29, 0.717) is 22.9 Å². The minimum Gasteiger partial charge on any atom is -0.497 e. The summed E-state index contributed by atoms with van der Waals surface area (Å²) in [6.07, 6.45) is 2.27. The van der Waals surface area contributed by atoms with Crippen molar-refractivity contribution in [2.75, 3.05) is 24.4 Å². The molecule has 3 rings (SSSR count). The summed E-state index contributed by atoms with van der Waals surface area (Å²) >= 11 is 2.83. The molecule has 10 heteroatoms. The van der Waals surface area contributed by atoms with E-state index in [4.69, 9.17) is 4.74 Å². The Balaban J connectivity index is 1.76. The highest BCUT2D eigenvalue weighted by Crippen LogP contribution is 2.27. The lowest BCUT2D eigenvalue weighted by atomic mass is 10.2. The number of rotatable bonds is 10. The first-order valence-corrected chi connectivity index (χ1v) is 14.0. The van der Waals surface area contributed by atoms with Crippen LogP contribution in [0.15, 0.2) is 52.7 Å². The van der Waals surface area contributed by atoms with Gasteiger partial charge in [-0.1, -0.05) is 17.7 Å². The van der Waals surface area contributed by atoms with Crippen LogP contribution in [0.2, 0.25) is 0 Å². The van der Waals surface area contributed by atoms with Gasteiger partial charge in [0.25, 0.3) is 0 Å². The van der Waals surface area contributed by atoms with Crippen molar-refractivity contribution >= 4 is 44.2 Å². The van der Waals surface area contributed by atoms with Gasteiger partial charge in [-0.25, -0.2) is 13.4 Å². The van der Waals surface area contributed by atoms with E-state index in [1.54, 1.807) is 37.9 Å². The molecule has 0 saturated heterocycles. The van der Waals surface area contributed by atoms with E-state index in [0.717, 1.165) is 22.6 Å². The number of aryl methyl sites for hydroxylation is 2. The van der Waals surface area contributed by atoms with Gasteiger partial charge >= 0.3 is 0 Å². The van der Waals surface area contributed by atoms with Gasteiger partial charge < -0.3 is 10.1 Å². The van der Waals surface area contributed by atoms with Crippen molar-refractivity contribution in [1.82, 2.24) is 9.71 Å². The minimum absolute atomic E-state index is 0.172. The second kappa shape index (κ2) is 11.1. The summed E-state index contributed by atoms with van der Waals surface area (Å²) in [5.74, 6) is 0.936. The number of anilines is 1. The highest BCUT2D eigenvalue weighted by Gasteiger charge is 2.27. The number of benzene rings is 2. The number of ether oxygens (including phenoxy) is 1. The quantitative estimate of drug-likeness (QED) is 0.422. The Morgan fingerprint density at radius 2 is 1.91 bits per heavy atom. The van der Waals surface area contributed by atoms with Gasteiger partial charge in [-0.2, -0.15) is 16.5 Å². The van der Waals surface area contributed by atoms with E-state index >= 15 is 0 Å². The molecule has 33 heavy (non-hydrogen) atoms. The zero-order chi connectivity index (χ0) is 24.0. The minimum atomic E-state index is -3.87. The third-order valence-corrected chi connectivity index (χ3v) is 8.00. The third-order valence-electron chi connectivity index (χ3n) is 4.96. The first-order valence-electron chi connectivity index (χ1n) is 10.2. The predicted molar refractivity (Wildman–Crippen MR) is 136 cm³/mol. The maximum Gasteiger partial charge on any atom is 0.244 e. The molecule has 0 saturated carbocycles. The van der Waals surface area contributed by atoms with Crippen LogP contribution in [-0.2, 0) is 14.8 Å². The Bertz CT molecular complexity index is 1210. The van der Waals surface area contributed by atoms with Crippen molar-refractivity contribution in [1.29, 1.82) is 0 Å². The Kier molecular flexibility index (Phi) is 8.52. The Hall–Kier alpha value is -2.40. The lowest BCUT2D eigenvalue weighted by Gasteiger charge is -2.18. The molecule has 0 aliphatic heterocycles. The van der Waals surface area contributed by atoms with Crippen LogP contribution in [0.5, 0.6) is 5.75 Å². The van der Waals surface area contributed by atoms with Crippen molar-refractivity contribution in [3.8, 4) is 17.0 Å². The zero-order valence-corrected chi connectivity index (χ0v) is 21.4. The molecule has 0 aliphatic carbocycles. The van der Waals surface area contributed by atoms with Crippen LogP contribution in [0, 0.1) is 13.8 Å². The normalized spacial score (nSPS) is 12.4. The highest BCUT2D eigenvalue weighted by atomic mass is 32.2. The fourth-order valence-electron chi connectivity index (χ4n) is 3.25. The molecule has 2 aromatic carbocycles. The van der Waals surface area contributed by atoms with Crippen LogP contribution in [0.3, 0.4) is 0 Å². The zero-order valence-electron chi connectivity index (χ0n) is 18.9. The number of thiazole rings is 1. The number of methoxy groups -OCH3 is 1. The number of nitrogens with one attached hydrogen (secondary N) is 2. The number of amides is 1. The number of sulfonamides is 1. The smallest absolute Gasteiger partial charge is 0.244 e. The lowest BCUT2D eigenvalue weighted by molar-refractivity contribution is -0.117. The van der Waals surface area contributed by atoms with E-state index in [9.17, 15) is 13.2 Å². The second-order valence-corrected chi connectivity index (χ2v) is 11.0. The van der Waals surface area contributed by atoms with Crippen LogP contribution in [0.4, 0.5) is 5.13 Å². The van der Waals surface area contributed by atoms with Crippen LogP contribution in [0.1, 0.15) is 17.5 Å². The largest absolute Gasteiger partial charge is 0.497 e. The Labute approximate surface area is 203 Å². The van der Waals surface area contributed by atoms with E-state index in [2.05, 4.69) is 15.0 Å². The molecule has 1 heterocycles. The number of aromatic nitrogens is 1. The molecular formula is C23H27N3O4S3. The Morgan fingerprint density at radius 3 is 2.55 bits per heavy atom. The number of hydrogen-bond acceptors (Lipinski definition) is 7. The van der Waals surface area contributed by atoms with Crippen LogP contribution in [0.25, 0.3) is 11.3 Å². The summed E-state index contributed by atoms with van der Waals surface area (Å²) in [4.78, 5) is 17.7. The SMILES string of the molecule is COc1ccc(-c2csc(NC(=O)C(CCSC)NS(=O)(=O)c3ccc(C)cc3C)n2)cc1. The molecule has 3 aromatic rings. The maximum atomic E-state index is 13.0. The molecule has 0 spiro atoms. The predicted octanol–water partition coefficient (Wildman–Crippen LogP) is 4.47. The first-order chi connectivity index (χ1) is 15.7. The van der Waals surface area contributed by atoms with Gasteiger partial charge in [0.15, 0.2) is 5.13 Å². The molecule has 176 valence electrons. The van der Waals surface area contributed by atoms with Crippen LogP contribution in [-0.4, -0.2) is 44.5 Å². The van der Waals surface area contributed by atoms with Gasteiger partial charge in [-0.05, 0) is 68.2 Å². The topological polar surface area (TPSA) is 97.4 Å². The summed E-state index contributed by atoms with van der Waals surface area (Å²) in [6.45, 7) is 3.65. The second-order valence-electron chi connectivity index (χ2n) is 7.48. The van der Waals surface area contributed by atoms with E-state index in [-0.39, 0.29) is 4.90 Å². The highest BCUT2D eigenvalue weighted by molar-refractivity contribution is 7.98. The standard InChI is InChI=1S/C23H27N3O4S3/c1-15-5-10-21(16(2)13-15)33(28,29)26-19(11-12-31-4)22(27)25-23-24-20(14-32-23)17-6-8-18(30-3)9-7-17/h5-10,13-14,19,26H,11-12H2,1-4H3,(H,24,25,27). The molecular weight excluding hydrogens is 478 g/mol. The number of thioether (sulfide) groups is 1. The molecule has 0 fully saturated rings. The monoisotopic (exact) mass is 505 g/mol. The number of hydrogen-bond donors (Lipinski definition) is 2. The molecule has 1 aromatic heterocycles. The summed E-state index contributed by atoms with van der Waals surface area (Å²) < 4.78 is 33.8. The molecule has 2 N–H and O–H groups in total. The van der Waals surface area contributed by atoms with Crippen molar-refractivity contribution < 1.29 is 17.9 Å². The van der Waals surface area contributed by atoms with Gasteiger partial charge in [0.05, 0.1) is 17.7 Å². The molecule has 0 aliphatic rings. The summed E-state index contributed by atoms with van der Waals surface area (Å²) in [5.41, 5.74) is 3.21. The van der Waals surface area contributed by atoms with Gasteiger partial charge in [-0.3, -0.25) is 4.79 Å². The molecule has 0 bridgehead atoms. The van der Waals surface area contributed by atoms with Gasteiger partial charge in [0.1, 0.15) is 11.8 Å². The molecule has 1 atom stereocenters. The molecule has 0 radical (unpaired) electrons. The Morgan fingerprint density at radius 1 is 1.18 bits per heavy atom. The maximum absolute atomic E-state index is 13.0. The average molecular weight is 506 g/mol. The third kappa shape index (κ3) is 6.57. The molecule has 1 amide bonds. The van der Waals surface area contributed by atoms with E-state index < -0.39 is 22.0 Å². The summed E-state index contributed by atoms with van der Waals surface area (Å²) in [7, 11) is -2.26. The van der Waals surface area contributed by atoms with Gasteiger partial charge in [-0.15, -0.1) is 11.3 Å². The first kappa shape index (κ1) is 25.2. The molecule has 7 nitrogen and oxygen atoms in total. The van der Waals surface area contributed by atoms with Crippen LogP contribution < -0.4 is 14.8 Å². The van der Waals surface area contributed by atoms with E-state index in [1.807, 2.05) is 48.9 Å². The van der Waals surface area contributed by atoms with Crippen molar-refractivity contribution in [3.05, 3.63) is 59.0 Å². The summed E-state index contributed by atoms with van der Waals surface area (Å²) in [5, 5.41) is 5.02. The van der Waals surface area contributed by atoms with Crippen LogP contribution >= 0.6 is 23.1 Å². The van der Waals surface area contributed by atoms with Crippen molar-refractivity contribution in [2.24, 2.45) is 0 Å². The lowest BCUT2D eigenvalue weighted by Crippen LogP contribution is -2.44. The fourth-order valence-corrected chi connectivity index (χ4v) is 5.90. The number of carbonyl (C=O) groups is 1. The van der Waals surface area contributed by atoms with Crippen molar-refractivity contribution in [2.45, 2.75) is 31.2 Å². The van der Waals surface area contributed by atoms with Gasteiger partial charge in [0.2, 0.25) is 15.9 Å². The number of carbonyl (C=O) groups excluding carboxylic acids is 1. The fraction of sp³-hybridized carbons (Fsp3) is 0.304. The van der Waals surface area contributed by atoms with Crippen molar-refractivity contribution in [3.63, 3.8) is 0 Å². The van der Waals surface area contributed by atoms with E-state index in [1.165, 1.54) is 11.3 Å². The number of nitrogens with zero attached hydrogens (tertiary/aromatic N) is 1. The van der Waals surface area contributed by atoms with Gasteiger partial charge in [0, 0.05) is 10.9 Å². The average Bonchev–Trinajstić information content (AvgIpc) is 3.24. The summed E-state index contributed by atoms with van der Waals surface area (Å²) in [6, 6.07) is 11.7.